The highest BCUT2D eigenvalue weighted by Crippen LogP contribution is 2.27. The number of rotatable bonds is 5. The van der Waals surface area contributed by atoms with Gasteiger partial charge in [0.15, 0.2) is 6.61 Å². The lowest BCUT2D eigenvalue weighted by Gasteiger charge is -2.11. The normalized spacial score (nSPS) is 10.0. The zero-order valence-electron chi connectivity index (χ0n) is 11.4. The van der Waals surface area contributed by atoms with E-state index in [1.165, 1.54) is 0 Å². The van der Waals surface area contributed by atoms with Crippen LogP contribution in [0.15, 0.2) is 46.9 Å². The average Bonchev–Trinajstić information content (AvgIpc) is 2.49. The van der Waals surface area contributed by atoms with Crippen LogP contribution in [0.1, 0.15) is 0 Å². The summed E-state index contributed by atoms with van der Waals surface area (Å²) in [6.45, 7) is -0.125. The zero-order valence-corrected chi connectivity index (χ0v) is 13.0. The fraction of sp³-hybridized carbons (Fsp3) is 0.133. The van der Waals surface area contributed by atoms with Gasteiger partial charge >= 0.3 is 0 Å². The number of benzene rings is 2. The predicted molar refractivity (Wildman–Crippen MR) is 85.7 cm³/mol. The number of anilines is 2. The second-order valence-electron chi connectivity index (χ2n) is 4.23. The van der Waals surface area contributed by atoms with Gasteiger partial charge < -0.3 is 20.5 Å². The minimum absolute atomic E-state index is 0.125. The fourth-order valence-corrected chi connectivity index (χ4v) is 2.07. The third-order valence-corrected chi connectivity index (χ3v) is 3.35. The van der Waals surface area contributed by atoms with Gasteiger partial charge in [0, 0.05) is 11.8 Å². The monoisotopic (exact) mass is 350 g/mol. The number of carbonyl (C=O) groups excluding carboxylic acids is 1. The van der Waals surface area contributed by atoms with Gasteiger partial charge in [-0.1, -0.05) is 12.1 Å². The van der Waals surface area contributed by atoms with Crippen LogP contribution in [0.5, 0.6) is 11.5 Å². The van der Waals surface area contributed by atoms with Gasteiger partial charge in [-0.25, -0.2) is 0 Å². The van der Waals surface area contributed by atoms with Crippen molar-refractivity contribution in [3.63, 3.8) is 0 Å². The van der Waals surface area contributed by atoms with Crippen LogP contribution in [0.4, 0.5) is 11.4 Å². The summed E-state index contributed by atoms with van der Waals surface area (Å²) in [6, 6.07) is 12.3. The maximum atomic E-state index is 11.9. The second kappa shape index (κ2) is 6.99. The summed E-state index contributed by atoms with van der Waals surface area (Å²) in [5.41, 5.74) is 6.84. The minimum Gasteiger partial charge on any atom is -0.495 e. The van der Waals surface area contributed by atoms with E-state index in [1.807, 2.05) is 12.1 Å². The Bertz CT molecular complexity index is 647. The lowest BCUT2D eigenvalue weighted by atomic mass is 10.3. The zero-order chi connectivity index (χ0) is 15.2. The van der Waals surface area contributed by atoms with Crippen LogP contribution in [0.2, 0.25) is 0 Å². The molecule has 0 unspecified atom stereocenters. The highest BCUT2D eigenvalue weighted by Gasteiger charge is 2.09. The van der Waals surface area contributed by atoms with Crippen LogP contribution >= 0.6 is 15.9 Å². The highest BCUT2D eigenvalue weighted by atomic mass is 79.9. The molecule has 110 valence electrons. The maximum absolute atomic E-state index is 11.9. The van der Waals surface area contributed by atoms with Crippen molar-refractivity contribution in [3.05, 3.63) is 46.9 Å². The van der Waals surface area contributed by atoms with Gasteiger partial charge in [-0.05, 0) is 40.2 Å². The first-order chi connectivity index (χ1) is 10.1. The van der Waals surface area contributed by atoms with Crippen molar-refractivity contribution < 1.29 is 14.3 Å². The molecule has 0 aliphatic rings. The number of nitrogen functional groups attached to an aromatic ring is 1. The minimum atomic E-state index is -0.283. The lowest BCUT2D eigenvalue weighted by Crippen LogP contribution is -2.20. The number of ether oxygens (including phenoxy) is 2. The fourth-order valence-electron chi connectivity index (χ4n) is 1.71. The van der Waals surface area contributed by atoms with Gasteiger partial charge in [-0.15, -0.1) is 0 Å². The van der Waals surface area contributed by atoms with E-state index in [4.69, 9.17) is 15.2 Å². The number of amides is 1. The summed E-state index contributed by atoms with van der Waals surface area (Å²) in [4.78, 5) is 11.9. The van der Waals surface area contributed by atoms with Gasteiger partial charge in [0.25, 0.3) is 5.91 Å². The number of para-hydroxylation sites is 2. The van der Waals surface area contributed by atoms with E-state index < -0.39 is 0 Å². The molecule has 2 aromatic carbocycles. The second-order valence-corrected chi connectivity index (χ2v) is 5.08. The van der Waals surface area contributed by atoms with Crippen molar-refractivity contribution in [2.75, 3.05) is 24.8 Å². The molecule has 0 spiro atoms. The summed E-state index contributed by atoms with van der Waals surface area (Å²) >= 11 is 3.34. The Balaban J connectivity index is 1.97. The van der Waals surface area contributed by atoms with Crippen molar-refractivity contribution in [3.8, 4) is 11.5 Å². The molecule has 0 radical (unpaired) electrons. The number of nitrogens with two attached hydrogens (primary N) is 1. The van der Waals surface area contributed by atoms with Crippen LogP contribution in [0, 0.1) is 0 Å². The van der Waals surface area contributed by atoms with Crippen molar-refractivity contribution in [2.45, 2.75) is 0 Å². The molecular formula is C15H15BrN2O3. The van der Waals surface area contributed by atoms with E-state index in [0.717, 1.165) is 4.47 Å². The van der Waals surface area contributed by atoms with Crippen molar-refractivity contribution in [1.82, 2.24) is 0 Å². The quantitative estimate of drug-likeness (QED) is 0.812. The average molecular weight is 351 g/mol. The molecule has 0 heterocycles. The summed E-state index contributed by atoms with van der Waals surface area (Å²) < 4.78 is 11.3. The molecule has 21 heavy (non-hydrogen) atoms. The molecule has 6 heteroatoms. The number of hydrogen-bond acceptors (Lipinski definition) is 4. The SMILES string of the molecule is COc1ccccc1NC(=O)COc1cc(N)ccc1Br. The summed E-state index contributed by atoms with van der Waals surface area (Å²) in [7, 11) is 1.55. The van der Waals surface area contributed by atoms with Gasteiger partial charge in [0.1, 0.15) is 11.5 Å². The van der Waals surface area contributed by atoms with Crippen molar-refractivity contribution >= 4 is 33.2 Å². The smallest absolute Gasteiger partial charge is 0.262 e. The molecule has 3 N–H and O–H groups in total. The topological polar surface area (TPSA) is 73.6 Å². The van der Waals surface area contributed by atoms with E-state index >= 15 is 0 Å². The highest BCUT2D eigenvalue weighted by molar-refractivity contribution is 9.10. The Morgan fingerprint density at radius 1 is 1.24 bits per heavy atom. The molecule has 0 aliphatic carbocycles. The Hall–Kier alpha value is -2.21. The van der Waals surface area contributed by atoms with E-state index in [2.05, 4.69) is 21.2 Å². The molecular weight excluding hydrogens is 336 g/mol. The molecule has 0 saturated carbocycles. The van der Waals surface area contributed by atoms with E-state index in [9.17, 15) is 4.79 Å². The van der Waals surface area contributed by atoms with Crippen LogP contribution in [-0.2, 0) is 4.79 Å². The first kappa shape index (κ1) is 15.2. The van der Waals surface area contributed by atoms with Crippen molar-refractivity contribution in [2.24, 2.45) is 0 Å². The number of carbonyl (C=O) groups is 1. The standard InChI is InChI=1S/C15H15BrN2O3/c1-20-13-5-3-2-4-12(13)18-15(19)9-21-14-8-10(17)6-7-11(14)16/h2-8H,9,17H2,1H3,(H,18,19). The van der Waals surface area contributed by atoms with Crippen LogP contribution in [0.3, 0.4) is 0 Å². The number of halogens is 1. The lowest BCUT2D eigenvalue weighted by molar-refractivity contribution is -0.118. The molecule has 2 rings (SSSR count). The summed E-state index contributed by atoms with van der Waals surface area (Å²) in [5, 5.41) is 2.73. The number of methoxy groups -OCH3 is 1. The van der Waals surface area contributed by atoms with Crippen molar-refractivity contribution in [1.29, 1.82) is 0 Å². The molecule has 0 atom stereocenters. The van der Waals surface area contributed by atoms with Gasteiger partial charge in [-0.3, -0.25) is 4.79 Å². The Morgan fingerprint density at radius 2 is 2.00 bits per heavy atom. The van der Waals surface area contributed by atoms with Gasteiger partial charge in [-0.2, -0.15) is 0 Å². The molecule has 1 amide bonds. The third kappa shape index (κ3) is 4.13. The molecule has 0 aliphatic heterocycles. The third-order valence-electron chi connectivity index (χ3n) is 2.70. The van der Waals surface area contributed by atoms with Crippen LogP contribution < -0.4 is 20.5 Å². The molecule has 0 saturated heterocycles. The molecule has 0 fully saturated rings. The van der Waals surface area contributed by atoms with E-state index in [0.29, 0.717) is 22.9 Å². The summed E-state index contributed by atoms with van der Waals surface area (Å²) in [5.74, 6) is 0.829. The molecule has 0 bridgehead atoms. The van der Waals surface area contributed by atoms with Crippen LogP contribution in [0.25, 0.3) is 0 Å². The Labute approximate surface area is 131 Å². The Kier molecular flexibility index (Phi) is 5.05. The first-order valence-corrected chi connectivity index (χ1v) is 7.00. The number of nitrogens with one attached hydrogen (secondary N) is 1. The van der Waals surface area contributed by atoms with Crippen LogP contribution in [-0.4, -0.2) is 19.6 Å². The number of hydrogen-bond donors (Lipinski definition) is 2. The summed E-state index contributed by atoms with van der Waals surface area (Å²) in [6.07, 6.45) is 0. The van der Waals surface area contributed by atoms with Gasteiger partial charge in [0.05, 0.1) is 17.3 Å². The largest absolute Gasteiger partial charge is 0.495 e. The van der Waals surface area contributed by atoms with E-state index in [1.54, 1.807) is 37.4 Å². The van der Waals surface area contributed by atoms with Gasteiger partial charge in [0.2, 0.25) is 0 Å². The molecule has 0 aromatic heterocycles. The Morgan fingerprint density at radius 3 is 2.76 bits per heavy atom. The first-order valence-electron chi connectivity index (χ1n) is 6.21. The predicted octanol–water partition coefficient (Wildman–Crippen LogP) is 3.06. The maximum Gasteiger partial charge on any atom is 0.262 e. The molecule has 2 aromatic rings. The molecule has 5 nitrogen and oxygen atoms in total. The van der Waals surface area contributed by atoms with E-state index in [-0.39, 0.29) is 12.5 Å².